The molecule has 11 atom stereocenters. The van der Waals surface area contributed by atoms with Crippen LogP contribution in [-0.4, -0.2) is 163 Å². The van der Waals surface area contributed by atoms with E-state index < -0.39 is 110 Å². The van der Waals surface area contributed by atoms with Crippen LogP contribution in [0.15, 0.2) is 30.3 Å². The van der Waals surface area contributed by atoms with Gasteiger partial charge in [0.15, 0.2) is 12.6 Å². The minimum atomic E-state index is -1.79. The van der Waals surface area contributed by atoms with Crippen molar-refractivity contribution < 1.29 is 71.6 Å². The van der Waals surface area contributed by atoms with E-state index in [2.05, 4.69) is 21.3 Å². The molecule has 2 aliphatic heterocycles. The lowest BCUT2D eigenvalue weighted by Gasteiger charge is -2.50. The largest absolute Gasteiger partial charge is 0.445 e. The summed E-state index contributed by atoms with van der Waals surface area (Å²) in [5, 5.41) is 47.1. The average Bonchev–Trinajstić information content (AvgIpc) is 3.17. The Morgan fingerprint density at radius 2 is 1.47 bits per heavy atom. The molecule has 1 aliphatic carbocycles. The first-order valence-electron chi connectivity index (χ1n) is 21.2. The monoisotopic (exact) mass is 889 g/mol. The van der Waals surface area contributed by atoms with Gasteiger partial charge in [0, 0.05) is 33.2 Å². The summed E-state index contributed by atoms with van der Waals surface area (Å²) in [6.07, 6.45) is -10.3. The highest BCUT2D eigenvalue weighted by Gasteiger charge is 2.55. The number of halogens is 2. The lowest BCUT2D eigenvalue weighted by molar-refractivity contribution is -0.312. The van der Waals surface area contributed by atoms with E-state index in [1.807, 2.05) is 6.07 Å². The molecule has 3 aliphatic rings. The quantitative estimate of drug-likeness (QED) is 0.0882. The van der Waals surface area contributed by atoms with Crippen molar-refractivity contribution in [3.05, 3.63) is 35.9 Å². The van der Waals surface area contributed by atoms with Gasteiger partial charge >= 0.3 is 18.3 Å². The van der Waals surface area contributed by atoms with Crippen LogP contribution in [0.1, 0.15) is 79.7 Å². The van der Waals surface area contributed by atoms with Crippen LogP contribution in [0.4, 0.5) is 23.2 Å². The number of ether oxygens (including phenoxy) is 7. The van der Waals surface area contributed by atoms with Crippen LogP contribution in [-0.2, 0) is 39.8 Å². The molecule has 4 rings (SSSR count). The van der Waals surface area contributed by atoms with E-state index in [0.717, 1.165) is 4.90 Å². The number of nitrogens with one attached hydrogen (secondary N) is 4. The summed E-state index contributed by atoms with van der Waals surface area (Å²) in [7, 11) is 1.35. The van der Waals surface area contributed by atoms with Crippen LogP contribution in [0.5, 0.6) is 0 Å². The van der Waals surface area contributed by atoms with Crippen molar-refractivity contribution in [3.8, 4) is 0 Å². The first kappa shape index (κ1) is 51.2. The van der Waals surface area contributed by atoms with Gasteiger partial charge < -0.3 is 64.0 Å². The van der Waals surface area contributed by atoms with E-state index in [0.29, 0.717) is 24.8 Å². The number of aliphatic hydroxyl groups is 3. The topological polar surface area (TPSA) is 228 Å². The van der Waals surface area contributed by atoms with E-state index in [1.54, 1.807) is 65.8 Å². The van der Waals surface area contributed by atoms with E-state index >= 15 is 0 Å². The number of alkyl carbamates (subject to hydrolysis) is 2. The maximum Gasteiger partial charge on any atom is 0.410 e. The van der Waals surface area contributed by atoms with Crippen molar-refractivity contribution >= 4 is 18.3 Å². The summed E-state index contributed by atoms with van der Waals surface area (Å²) >= 11 is 0. The van der Waals surface area contributed by atoms with Gasteiger partial charge in [-0.25, -0.2) is 23.2 Å². The van der Waals surface area contributed by atoms with Crippen molar-refractivity contribution in [2.24, 2.45) is 5.92 Å². The number of alkyl halides is 2. The second-order valence-corrected chi connectivity index (χ2v) is 18.3. The van der Waals surface area contributed by atoms with Crippen LogP contribution in [0, 0.1) is 5.92 Å². The smallest absolute Gasteiger partial charge is 0.410 e. The van der Waals surface area contributed by atoms with E-state index in [4.69, 9.17) is 33.2 Å². The van der Waals surface area contributed by atoms with Crippen molar-refractivity contribution in [2.75, 3.05) is 46.7 Å². The highest BCUT2D eigenvalue weighted by molar-refractivity contribution is 5.69. The number of hydrogen-bond acceptors (Lipinski definition) is 15. The maximum absolute atomic E-state index is 13.4. The molecule has 0 radical (unpaired) electrons. The van der Waals surface area contributed by atoms with Gasteiger partial charge in [-0.1, -0.05) is 30.3 Å². The lowest BCUT2D eigenvalue weighted by Crippen LogP contribution is -2.70. The Labute approximate surface area is 363 Å². The predicted molar refractivity (Wildman–Crippen MR) is 220 cm³/mol. The third-order valence-electron chi connectivity index (χ3n) is 10.6. The average molecular weight is 890 g/mol. The molecule has 354 valence electrons. The zero-order valence-corrected chi connectivity index (χ0v) is 37.1. The molecular formula is C42H69F2N5O13. The van der Waals surface area contributed by atoms with Gasteiger partial charge in [0.1, 0.15) is 61.2 Å². The van der Waals surface area contributed by atoms with E-state index in [9.17, 15) is 38.5 Å². The molecule has 0 unspecified atom stereocenters. The van der Waals surface area contributed by atoms with Gasteiger partial charge in [-0.3, -0.25) is 10.6 Å². The number of carbonyl (C=O) groups excluding carboxylic acids is 3. The maximum atomic E-state index is 13.4. The van der Waals surface area contributed by atoms with Crippen molar-refractivity contribution in [1.82, 2.24) is 26.2 Å². The molecule has 1 aromatic carbocycles. The number of rotatable bonds is 17. The number of carbonyl (C=O) groups is 3. The van der Waals surface area contributed by atoms with Gasteiger partial charge in [0.2, 0.25) is 0 Å². The zero-order valence-electron chi connectivity index (χ0n) is 37.1. The summed E-state index contributed by atoms with van der Waals surface area (Å²) < 4.78 is 67.4. The van der Waals surface area contributed by atoms with Crippen LogP contribution < -0.4 is 21.3 Å². The zero-order chi connectivity index (χ0) is 45.8. The fourth-order valence-corrected chi connectivity index (χ4v) is 7.87. The summed E-state index contributed by atoms with van der Waals surface area (Å²) in [6, 6.07) is 5.41. The summed E-state index contributed by atoms with van der Waals surface area (Å²) in [5.41, 5.74) is -2.89. The minimum absolute atomic E-state index is 0.0470. The number of nitrogens with zero attached hydrogens (tertiary/aromatic N) is 1. The van der Waals surface area contributed by atoms with Crippen molar-refractivity contribution in [3.63, 3.8) is 0 Å². The Hall–Kier alpha value is -3.47. The second kappa shape index (κ2) is 22.9. The molecule has 62 heavy (non-hydrogen) atoms. The van der Waals surface area contributed by atoms with Crippen molar-refractivity contribution in [2.45, 2.75) is 159 Å². The third-order valence-corrected chi connectivity index (χ3v) is 10.6. The van der Waals surface area contributed by atoms with Crippen LogP contribution in [0.25, 0.3) is 0 Å². The van der Waals surface area contributed by atoms with Crippen LogP contribution in [0.3, 0.4) is 0 Å². The first-order chi connectivity index (χ1) is 29.1. The van der Waals surface area contributed by atoms with Gasteiger partial charge in [0.25, 0.3) is 0 Å². The number of amides is 3. The molecule has 0 spiro atoms. The fraction of sp³-hybridized carbons (Fsp3) is 0.786. The van der Waals surface area contributed by atoms with Crippen molar-refractivity contribution in [1.29, 1.82) is 0 Å². The lowest BCUT2D eigenvalue weighted by atomic mass is 9.83. The van der Waals surface area contributed by atoms with E-state index in [1.165, 1.54) is 14.0 Å². The SMILES string of the molecule is CN(C(=O)OC(C)(C)C)[C@@H]1[C@@H](O)[C@@H](O[C@@H]2[C@@H](O)[C@@H](O[C@H]3C[C@@H](CC(NCCF)NCCF)CCO3)[C@@H](NC(=O)OC(C)(C)C)C[C@@H]2NC(=O)OCc2ccccc2)OC[C@]1(C)O. The Morgan fingerprint density at radius 3 is 2.06 bits per heavy atom. The summed E-state index contributed by atoms with van der Waals surface area (Å²) in [4.78, 5) is 41.0. The molecule has 20 heteroatoms. The standard InChI is InChI=1S/C42H69F2N5O13/c1-40(2,3)61-38(53)48-27-22-28(47-37(52)57-23-25-12-10-9-11-13-25)34(60-36-32(51)35(42(7,55)24-58-36)49(8)39(54)62-41(4,5)6)31(50)33(27)59-30-21-26(14-19-56-30)20-29(45-17-15-43)46-18-16-44/h9-13,26-36,45-46,50-51,55H,14-24H2,1-8H3,(H,47,52)(H,48,53)/t26-,27+,28+,30+,31+,32-,33+,34+,35-,36-,42+/m1/s1. The third kappa shape index (κ3) is 15.7. The number of hydrogen-bond donors (Lipinski definition) is 7. The molecular weight excluding hydrogens is 820 g/mol. The van der Waals surface area contributed by atoms with Gasteiger partial charge in [0.05, 0.1) is 30.9 Å². The molecule has 3 amide bonds. The normalized spacial score (nSPS) is 30.6. The molecule has 3 fully saturated rings. The molecule has 18 nitrogen and oxygen atoms in total. The van der Waals surface area contributed by atoms with Crippen LogP contribution >= 0.6 is 0 Å². The molecule has 0 aromatic heterocycles. The number of aliphatic hydroxyl groups excluding tert-OH is 2. The second-order valence-electron chi connectivity index (χ2n) is 18.3. The van der Waals surface area contributed by atoms with Gasteiger partial charge in [-0.15, -0.1) is 0 Å². The molecule has 0 bridgehead atoms. The minimum Gasteiger partial charge on any atom is -0.445 e. The molecule has 1 saturated carbocycles. The van der Waals surface area contributed by atoms with Gasteiger partial charge in [-0.2, -0.15) is 0 Å². The summed E-state index contributed by atoms with van der Waals surface area (Å²) in [6.45, 7) is 10.1. The molecule has 2 saturated heterocycles. The Balaban J connectivity index is 1.65. The van der Waals surface area contributed by atoms with Gasteiger partial charge in [-0.05, 0) is 79.2 Å². The number of likely N-dealkylation sites (N-methyl/N-ethyl adjacent to an activating group) is 1. The molecule has 2 heterocycles. The highest BCUT2D eigenvalue weighted by atomic mass is 19.1. The highest BCUT2D eigenvalue weighted by Crippen LogP contribution is 2.35. The Kier molecular flexibility index (Phi) is 18.9. The first-order valence-corrected chi connectivity index (χ1v) is 21.2. The number of benzene rings is 1. The van der Waals surface area contributed by atoms with E-state index in [-0.39, 0.29) is 44.8 Å². The fourth-order valence-electron chi connectivity index (χ4n) is 7.87. The molecule has 7 N–H and O–H groups in total. The Morgan fingerprint density at radius 1 is 0.871 bits per heavy atom. The van der Waals surface area contributed by atoms with Crippen LogP contribution in [0.2, 0.25) is 0 Å². The summed E-state index contributed by atoms with van der Waals surface area (Å²) in [5.74, 6) is -0.0470. The predicted octanol–water partition coefficient (Wildman–Crippen LogP) is 3.00. The Bertz CT molecular complexity index is 1550. The molecule has 1 aromatic rings.